The van der Waals surface area contributed by atoms with E-state index in [9.17, 15) is 9.59 Å². The zero-order valence-electron chi connectivity index (χ0n) is 21.3. The molecular formula is C31H32N4O2. The smallest absolute Gasteiger partial charge is 0.259 e. The molecular weight excluding hydrogens is 460 g/mol. The Labute approximate surface area is 217 Å². The largest absolute Gasteiger partial charge is 0.370 e. The van der Waals surface area contributed by atoms with Crippen LogP contribution >= 0.6 is 0 Å². The summed E-state index contributed by atoms with van der Waals surface area (Å²) < 4.78 is 2.18. The van der Waals surface area contributed by atoms with Crippen LogP contribution in [0.15, 0.2) is 67.6 Å². The first-order chi connectivity index (χ1) is 18.1. The summed E-state index contributed by atoms with van der Waals surface area (Å²) in [5, 5.41) is 2.14. The third-order valence-electron chi connectivity index (χ3n) is 8.09. The zero-order chi connectivity index (χ0) is 25.5. The number of anilines is 2. The highest BCUT2D eigenvalue weighted by Crippen LogP contribution is 2.44. The molecule has 0 bridgehead atoms. The molecule has 37 heavy (non-hydrogen) atoms. The molecule has 6 heteroatoms. The highest BCUT2D eigenvalue weighted by atomic mass is 16.2. The van der Waals surface area contributed by atoms with E-state index in [1.165, 1.54) is 11.3 Å². The van der Waals surface area contributed by atoms with Crippen molar-refractivity contribution in [2.75, 3.05) is 22.9 Å². The van der Waals surface area contributed by atoms with E-state index in [1.807, 2.05) is 18.3 Å². The number of aldehydes is 1. The summed E-state index contributed by atoms with van der Waals surface area (Å²) in [6.45, 7) is 7.86. The molecule has 188 valence electrons. The molecule has 2 aromatic carbocycles. The number of amides is 1. The van der Waals surface area contributed by atoms with Crippen molar-refractivity contribution < 1.29 is 9.59 Å². The van der Waals surface area contributed by atoms with Gasteiger partial charge >= 0.3 is 0 Å². The van der Waals surface area contributed by atoms with Crippen LogP contribution in [0.3, 0.4) is 0 Å². The number of rotatable bonds is 8. The number of allylic oxidation sites excluding steroid dienone is 1. The van der Waals surface area contributed by atoms with Crippen LogP contribution in [0.2, 0.25) is 0 Å². The van der Waals surface area contributed by atoms with E-state index in [-0.39, 0.29) is 5.91 Å². The number of hydrogen-bond donors (Lipinski definition) is 0. The number of aryl methyl sites for hydroxylation is 1. The third kappa shape index (κ3) is 3.91. The van der Waals surface area contributed by atoms with E-state index >= 15 is 0 Å². The monoisotopic (exact) mass is 492 g/mol. The lowest BCUT2D eigenvalue weighted by molar-refractivity contribution is -0.109. The zero-order valence-corrected chi connectivity index (χ0v) is 21.3. The van der Waals surface area contributed by atoms with Crippen molar-refractivity contribution in [3.63, 3.8) is 0 Å². The van der Waals surface area contributed by atoms with Gasteiger partial charge in [-0.15, -0.1) is 6.58 Å². The Morgan fingerprint density at radius 3 is 2.76 bits per heavy atom. The maximum absolute atomic E-state index is 13.4. The van der Waals surface area contributed by atoms with Crippen molar-refractivity contribution in [2.45, 2.75) is 51.0 Å². The Hall–Kier alpha value is -3.93. The molecule has 0 saturated carbocycles. The quantitative estimate of drug-likeness (QED) is 0.226. The van der Waals surface area contributed by atoms with Crippen molar-refractivity contribution in [1.82, 2.24) is 9.38 Å². The standard InChI is InChI=1S/C31H32N4O2/c1-3-5-7-23(20-36)35-29-11-10-26(27-8-6-9-28(30(27)29)31(35)37)21-12-14-33(15-13-21)25-16-24-17-32-22(4-2)18-34(24)19-25/h3,6,8-11,16-21,23H,1,4-5,7,12-15H2,2H3. The van der Waals surface area contributed by atoms with E-state index in [2.05, 4.69) is 64.4 Å². The lowest BCUT2D eigenvalue weighted by Gasteiger charge is -2.33. The maximum Gasteiger partial charge on any atom is 0.259 e. The van der Waals surface area contributed by atoms with Gasteiger partial charge < -0.3 is 14.1 Å². The topological polar surface area (TPSA) is 57.9 Å². The average Bonchev–Trinajstić information content (AvgIpc) is 3.49. The van der Waals surface area contributed by atoms with Crippen LogP contribution in [0, 0.1) is 0 Å². The maximum atomic E-state index is 13.4. The summed E-state index contributed by atoms with van der Waals surface area (Å²) >= 11 is 0. The van der Waals surface area contributed by atoms with E-state index in [1.54, 1.807) is 11.0 Å². The van der Waals surface area contributed by atoms with Crippen LogP contribution in [0.1, 0.15) is 60.1 Å². The minimum absolute atomic E-state index is 0.0739. The fourth-order valence-electron chi connectivity index (χ4n) is 6.10. The SMILES string of the molecule is C=CCCC(C=O)N1C(=O)c2cccc3c(C4CCN(c5cc6cnc(CC)cn6c5)CC4)ccc1c23. The Kier molecular flexibility index (Phi) is 6.03. The number of hydrogen-bond acceptors (Lipinski definition) is 4. The molecule has 2 aliphatic rings. The predicted octanol–water partition coefficient (Wildman–Crippen LogP) is 5.93. The van der Waals surface area contributed by atoms with Crippen LogP contribution in [0.4, 0.5) is 11.4 Å². The fraction of sp³-hybridized carbons (Fsp3) is 0.323. The molecule has 6 nitrogen and oxygen atoms in total. The lowest BCUT2D eigenvalue weighted by atomic mass is 9.85. The van der Waals surface area contributed by atoms with Gasteiger partial charge in [0.1, 0.15) is 6.29 Å². The Bertz CT molecular complexity index is 1510. The van der Waals surface area contributed by atoms with E-state index < -0.39 is 6.04 Å². The van der Waals surface area contributed by atoms with Gasteiger partial charge in [0, 0.05) is 36.4 Å². The van der Waals surface area contributed by atoms with Crippen LogP contribution in [-0.2, 0) is 11.2 Å². The van der Waals surface area contributed by atoms with Gasteiger partial charge in [0.2, 0.25) is 0 Å². The first kappa shape index (κ1) is 23.5. The van der Waals surface area contributed by atoms with Crippen molar-refractivity contribution in [3.8, 4) is 0 Å². The summed E-state index contributed by atoms with van der Waals surface area (Å²) in [5.74, 6) is 0.355. The number of aromatic nitrogens is 2. The fourth-order valence-corrected chi connectivity index (χ4v) is 6.10. The summed E-state index contributed by atoms with van der Waals surface area (Å²) in [4.78, 5) is 34.0. The van der Waals surface area contributed by atoms with Gasteiger partial charge in [0.25, 0.3) is 5.91 Å². The molecule has 1 saturated heterocycles. The molecule has 1 unspecified atom stereocenters. The van der Waals surface area contributed by atoms with Crippen molar-refractivity contribution in [3.05, 3.63) is 84.5 Å². The highest BCUT2D eigenvalue weighted by molar-refractivity contribution is 6.26. The molecule has 0 aliphatic carbocycles. The van der Waals surface area contributed by atoms with Gasteiger partial charge in [-0.25, -0.2) is 0 Å². The molecule has 4 aromatic rings. The molecule has 1 fully saturated rings. The second kappa shape index (κ2) is 9.51. The van der Waals surface area contributed by atoms with Gasteiger partial charge in [0.15, 0.2) is 0 Å². The molecule has 6 rings (SSSR count). The summed E-state index contributed by atoms with van der Waals surface area (Å²) in [6, 6.07) is 12.0. The first-order valence-electron chi connectivity index (χ1n) is 13.3. The Morgan fingerprint density at radius 1 is 1.16 bits per heavy atom. The van der Waals surface area contributed by atoms with Crippen LogP contribution in [-0.4, -0.2) is 40.7 Å². The molecule has 4 heterocycles. The van der Waals surface area contributed by atoms with Gasteiger partial charge in [0.05, 0.1) is 34.8 Å². The molecule has 2 aromatic heterocycles. The molecule has 0 radical (unpaired) electrons. The second-order valence-corrected chi connectivity index (χ2v) is 10.2. The highest BCUT2D eigenvalue weighted by Gasteiger charge is 2.35. The van der Waals surface area contributed by atoms with Gasteiger partial charge in [-0.3, -0.25) is 14.7 Å². The van der Waals surface area contributed by atoms with E-state index in [0.29, 0.717) is 24.3 Å². The number of benzene rings is 2. The van der Waals surface area contributed by atoms with Crippen LogP contribution < -0.4 is 9.80 Å². The number of fused-ring (bicyclic) bond motifs is 1. The number of nitrogens with zero attached hydrogens (tertiary/aromatic N) is 4. The number of piperidine rings is 1. The third-order valence-corrected chi connectivity index (χ3v) is 8.09. The summed E-state index contributed by atoms with van der Waals surface area (Å²) in [7, 11) is 0. The van der Waals surface area contributed by atoms with Gasteiger partial charge in [-0.2, -0.15) is 0 Å². The number of carbonyl (C=O) groups is 2. The van der Waals surface area contributed by atoms with Gasteiger partial charge in [-0.05, 0) is 67.2 Å². The number of carbonyl (C=O) groups excluding carboxylic acids is 2. The summed E-state index contributed by atoms with van der Waals surface area (Å²) in [6.07, 6.45) is 13.3. The van der Waals surface area contributed by atoms with Crippen LogP contribution in [0.25, 0.3) is 16.3 Å². The Balaban J connectivity index is 1.26. The Morgan fingerprint density at radius 2 is 2.00 bits per heavy atom. The van der Waals surface area contributed by atoms with Crippen molar-refractivity contribution in [1.29, 1.82) is 0 Å². The summed E-state index contributed by atoms with van der Waals surface area (Å²) in [5.41, 5.74) is 6.34. The predicted molar refractivity (Wildman–Crippen MR) is 149 cm³/mol. The molecule has 1 atom stereocenters. The lowest BCUT2D eigenvalue weighted by Crippen LogP contribution is -2.39. The minimum atomic E-state index is -0.475. The average molecular weight is 493 g/mol. The van der Waals surface area contributed by atoms with E-state index in [4.69, 9.17) is 0 Å². The molecule has 1 amide bonds. The van der Waals surface area contributed by atoms with Crippen molar-refractivity contribution in [2.24, 2.45) is 0 Å². The normalized spacial score (nSPS) is 16.6. The van der Waals surface area contributed by atoms with Gasteiger partial charge in [-0.1, -0.05) is 31.2 Å². The molecule has 2 aliphatic heterocycles. The molecule has 0 N–H and O–H groups in total. The van der Waals surface area contributed by atoms with E-state index in [0.717, 1.165) is 66.3 Å². The second-order valence-electron chi connectivity index (χ2n) is 10.2. The van der Waals surface area contributed by atoms with Crippen molar-refractivity contribution >= 4 is 39.9 Å². The molecule has 0 spiro atoms. The first-order valence-corrected chi connectivity index (χ1v) is 13.3. The van der Waals surface area contributed by atoms with Crippen LogP contribution in [0.5, 0.6) is 0 Å². The minimum Gasteiger partial charge on any atom is -0.370 e.